The summed E-state index contributed by atoms with van der Waals surface area (Å²) in [6.45, 7) is 2.99. The van der Waals surface area contributed by atoms with Crippen LogP contribution in [0.5, 0.6) is 0 Å². The summed E-state index contributed by atoms with van der Waals surface area (Å²) in [5, 5.41) is 2.70. The van der Waals surface area contributed by atoms with Crippen molar-refractivity contribution in [2.45, 2.75) is 12.8 Å². The second-order valence-corrected chi connectivity index (χ2v) is 9.42. The van der Waals surface area contributed by atoms with Crippen molar-refractivity contribution < 1.29 is 23.2 Å². The van der Waals surface area contributed by atoms with Gasteiger partial charge in [-0.05, 0) is 55.3 Å². The Morgan fingerprint density at radius 1 is 0.632 bits per heavy atom. The molecule has 38 heavy (non-hydrogen) atoms. The number of halogens is 2. The Morgan fingerprint density at radius 3 is 1.82 bits per heavy atom. The van der Waals surface area contributed by atoms with Crippen LogP contribution in [0.3, 0.4) is 0 Å². The maximum atomic E-state index is 14.1. The van der Waals surface area contributed by atoms with Gasteiger partial charge in [-0.3, -0.25) is 14.4 Å². The van der Waals surface area contributed by atoms with Gasteiger partial charge in [-0.2, -0.15) is 0 Å². The molecule has 2 heterocycles. The number of likely N-dealkylation sites (tertiary alicyclic amines) is 1. The number of rotatable bonds is 5. The molecule has 2 saturated heterocycles. The summed E-state index contributed by atoms with van der Waals surface area (Å²) in [7, 11) is 0. The minimum atomic E-state index is -0.627. The van der Waals surface area contributed by atoms with Crippen LogP contribution in [0.1, 0.15) is 43.9 Å². The van der Waals surface area contributed by atoms with Crippen LogP contribution in [0.25, 0.3) is 0 Å². The third-order valence-electron chi connectivity index (χ3n) is 7.01. The Labute approximate surface area is 219 Å². The van der Waals surface area contributed by atoms with Crippen LogP contribution in [-0.2, 0) is 0 Å². The van der Waals surface area contributed by atoms with Gasteiger partial charge in [-0.1, -0.05) is 24.3 Å². The molecule has 1 N–H and O–H groups in total. The highest BCUT2D eigenvalue weighted by atomic mass is 19.1. The van der Waals surface area contributed by atoms with E-state index in [1.807, 2.05) is 4.90 Å². The van der Waals surface area contributed by atoms with E-state index in [0.717, 1.165) is 12.8 Å². The SMILES string of the molecule is O=C(Nc1ccc(N2CCN(C(=O)c3ccccc3F)CC2)c(C(=O)N2CCCC2)c1)c1ccccc1F. The van der Waals surface area contributed by atoms with Crippen molar-refractivity contribution in [3.63, 3.8) is 0 Å². The first-order valence-corrected chi connectivity index (χ1v) is 12.7. The predicted octanol–water partition coefficient (Wildman–Crippen LogP) is 4.42. The van der Waals surface area contributed by atoms with Crippen LogP contribution < -0.4 is 10.2 Å². The average molecular weight is 519 g/mol. The standard InChI is InChI=1S/C29H28F2N4O3/c30-24-9-3-1-7-21(24)27(36)32-20-11-12-26(23(19-20)29(38)34-13-5-6-14-34)33-15-17-35(18-16-33)28(37)22-8-2-4-10-25(22)31/h1-4,7-12,19H,5-6,13-18H2,(H,32,36). The molecule has 2 fully saturated rings. The highest BCUT2D eigenvalue weighted by molar-refractivity contribution is 6.06. The molecular weight excluding hydrogens is 490 g/mol. The summed E-state index contributed by atoms with van der Waals surface area (Å²) in [6, 6.07) is 16.7. The van der Waals surface area contributed by atoms with E-state index >= 15 is 0 Å². The zero-order valence-corrected chi connectivity index (χ0v) is 20.8. The molecular formula is C29H28F2N4O3. The molecule has 0 aromatic heterocycles. The highest BCUT2D eigenvalue weighted by Crippen LogP contribution is 2.29. The fraction of sp³-hybridized carbons (Fsp3) is 0.276. The highest BCUT2D eigenvalue weighted by Gasteiger charge is 2.28. The fourth-order valence-corrected chi connectivity index (χ4v) is 4.95. The molecule has 0 saturated carbocycles. The first-order chi connectivity index (χ1) is 18.4. The molecule has 2 aliphatic rings. The van der Waals surface area contributed by atoms with Crippen LogP contribution in [0.15, 0.2) is 66.7 Å². The Hall–Kier alpha value is -4.27. The van der Waals surface area contributed by atoms with Gasteiger partial charge in [0.05, 0.1) is 16.7 Å². The van der Waals surface area contributed by atoms with Crippen molar-refractivity contribution in [1.82, 2.24) is 9.80 Å². The Morgan fingerprint density at radius 2 is 1.18 bits per heavy atom. The van der Waals surface area contributed by atoms with E-state index in [9.17, 15) is 23.2 Å². The molecule has 3 aromatic rings. The molecule has 0 atom stereocenters. The molecule has 0 radical (unpaired) electrons. The van der Waals surface area contributed by atoms with E-state index in [2.05, 4.69) is 5.32 Å². The predicted molar refractivity (Wildman–Crippen MR) is 140 cm³/mol. The molecule has 5 rings (SSSR count). The first-order valence-electron chi connectivity index (χ1n) is 12.7. The summed E-state index contributed by atoms with van der Waals surface area (Å²) in [4.78, 5) is 44.4. The minimum absolute atomic E-state index is 0.0424. The summed E-state index contributed by atoms with van der Waals surface area (Å²) >= 11 is 0. The van der Waals surface area contributed by atoms with Gasteiger partial charge in [0.2, 0.25) is 0 Å². The van der Waals surface area contributed by atoms with Crippen molar-refractivity contribution in [3.8, 4) is 0 Å². The lowest BCUT2D eigenvalue weighted by molar-refractivity contribution is 0.0738. The maximum Gasteiger partial charge on any atom is 0.258 e. The second kappa shape index (κ2) is 11.0. The number of nitrogens with zero attached hydrogens (tertiary/aromatic N) is 3. The topological polar surface area (TPSA) is 73.0 Å². The van der Waals surface area contributed by atoms with Crippen LogP contribution in [0, 0.1) is 11.6 Å². The summed E-state index contributed by atoms with van der Waals surface area (Å²) < 4.78 is 28.2. The van der Waals surface area contributed by atoms with E-state index in [1.165, 1.54) is 30.3 Å². The quantitative estimate of drug-likeness (QED) is 0.543. The molecule has 3 aromatic carbocycles. The van der Waals surface area contributed by atoms with Crippen LogP contribution in [0.4, 0.5) is 20.2 Å². The number of piperazine rings is 1. The monoisotopic (exact) mass is 518 g/mol. The van der Waals surface area contributed by atoms with Gasteiger partial charge in [0.25, 0.3) is 17.7 Å². The number of hydrogen-bond acceptors (Lipinski definition) is 4. The van der Waals surface area contributed by atoms with Crippen LogP contribution >= 0.6 is 0 Å². The molecule has 7 nitrogen and oxygen atoms in total. The molecule has 9 heteroatoms. The van der Waals surface area contributed by atoms with Gasteiger partial charge in [0, 0.05) is 50.6 Å². The Bertz CT molecular complexity index is 1370. The van der Waals surface area contributed by atoms with E-state index in [0.29, 0.717) is 56.2 Å². The number of benzene rings is 3. The van der Waals surface area contributed by atoms with Crippen LogP contribution in [0.2, 0.25) is 0 Å². The molecule has 0 spiro atoms. The summed E-state index contributed by atoms with van der Waals surface area (Å²) in [6.07, 6.45) is 1.86. The fourth-order valence-electron chi connectivity index (χ4n) is 4.95. The van der Waals surface area contributed by atoms with Gasteiger partial charge >= 0.3 is 0 Å². The lowest BCUT2D eigenvalue weighted by atomic mass is 10.1. The van der Waals surface area contributed by atoms with Gasteiger partial charge in [-0.15, -0.1) is 0 Å². The number of hydrogen-bond donors (Lipinski definition) is 1. The molecule has 0 unspecified atom stereocenters. The van der Waals surface area contributed by atoms with Crippen molar-refractivity contribution in [2.24, 2.45) is 0 Å². The number of amides is 3. The van der Waals surface area contributed by atoms with E-state index < -0.39 is 17.5 Å². The Kier molecular flexibility index (Phi) is 7.35. The largest absolute Gasteiger partial charge is 0.367 e. The third-order valence-corrected chi connectivity index (χ3v) is 7.01. The van der Waals surface area contributed by atoms with Gasteiger partial charge < -0.3 is 20.0 Å². The number of carbonyl (C=O) groups is 3. The molecule has 2 aliphatic heterocycles. The van der Waals surface area contributed by atoms with Gasteiger partial charge in [-0.25, -0.2) is 8.78 Å². The zero-order chi connectivity index (χ0) is 26.6. The number of carbonyl (C=O) groups excluding carboxylic acids is 3. The van der Waals surface area contributed by atoms with Crippen molar-refractivity contribution >= 4 is 29.1 Å². The second-order valence-electron chi connectivity index (χ2n) is 9.42. The van der Waals surface area contributed by atoms with E-state index in [4.69, 9.17) is 0 Å². The lowest BCUT2D eigenvalue weighted by Gasteiger charge is -2.37. The summed E-state index contributed by atoms with van der Waals surface area (Å²) in [5.74, 6) is -2.27. The Balaban J connectivity index is 1.36. The van der Waals surface area contributed by atoms with Crippen molar-refractivity contribution in [3.05, 3.63) is 95.1 Å². The normalized spacial score (nSPS) is 15.5. The average Bonchev–Trinajstić information content (AvgIpc) is 3.48. The van der Waals surface area contributed by atoms with E-state index in [1.54, 1.807) is 46.2 Å². The smallest absolute Gasteiger partial charge is 0.258 e. The molecule has 3 amide bonds. The van der Waals surface area contributed by atoms with Gasteiger partial charge in [0.15, 0.2) is 0 Å². The minimum Gasteiger partial charge on any atom is -0.367 e. The third kappa shape index (κ3) is 5.22. The van der Waals surface area contributed by atoms with Gasteiger partial charge in [0.1, 0.15) is 11.6 Å². The summed E-state index contributed by atoms with van der Waals surface area (Å²) in [5.41, 5.74) is 1.48. The lowest BCUT2D eigenvalue weighted by Crippen LogP contribution is -2.49. The molecule has 196 valence electrons. The number of anilines is 2. The molecule has 0 bridgehead atoms. The zero-order valence-electron chi connectivity index (χ0n) is 20.8. The molecule has 0 aliphatic carbocycles. The van der Waals surface area contributed by atoms with Crippen molar-refractivity contribution in [1.29, 1.82) is 0 Å². The van der Waals surface area contributed by atoms with E-state index in [-0.39, 0.29) is 22.9 Å². The number of nitrogens with one attached hydrogen (secondary N) is 1. The first kappa shape index (κ1) is 25.4. The van der Waals surface area contributed by atoms with Crippen molar-refractivity contribution in [2.75, 3.05) is 49.5 Å². The van der Waals surface area contributed by atoms with Crippen LogP contribution in [-0.4, -0.2) is 66.8 Å². The maximum absolute atomic E-state index is 14.1.